The Morgan fingerprint density at radius 2 is 1.33 bits per heavy atom. The molecule has 4 rings (SSSR count). The zero-order chi connectivity index (χ0) is 14.6. The van der Waals surface area contributed by atoms with Crippen LogP contribution < -0.4 is 0 Å². The third-order valence-electron chi connectivity index (χ3n) is 4.67. The number of benzene rings is 4. The molecule has 0 heterocycles. The maximum atomic E-state index is 3.77. The smallest absolute Gasteiger partial charge is 0.0257 e. The summed E-state index contributed by atoms with van der Waals surface area (Å²) in [5, 5.41) is 8.34. The van der Waals surface area contributed by atoms with Crippen LogP contribution in [0.25, 0.3) is 32.3 Å². The first kappa shape index (κ1) is 13.1. The minimum atomic E-state index is 1.06. The molecular formula is C20H17Br. The van der Waals surface area contributed by atoms with Crippen molar-refractivity contribution in [1.29, 1.82) is 0 Å². The fraction of sp³-hybridized carbons (Fsp3) is 0.200. The van der Waals surface area contributed by atoms with Crippen LogP contribution in [0.2, 0.25) is 0 Å². The summed E-state index contributed by atoms with van der Waals surface area (Å²) in [7, 11) is 0. The Hall–Kier alpha value is -1.60. The first-order valence-corrected chi connectivity index (χ1v) is 8.41. The molecule has 0 aromatic heterocycles. The van der Waals surface area contributed by atoms with E-state index in [4.69, 9.17) is 0 Å². The van der Waals surface area contributed by atoms with Crippen LogP contribution in [0.5, 0.6) is 0 Å². The molecule has 0 aliphatic heterocycles. The van der Waals surface area contributed by atoms with Crippen molar-refractivity contribution in [2.45, 2.75) is 26.7 Å². The van der Waals surface area contributed by atoms with Gasteiger partial charge in [-0.2, -0.15) is 0 Å². The van der Waals surface area contributed by atoms with E-state index >= 15 is 0 Å². The lowest BCUT2D eigenvalue weighted by Crippen LogP contribution is -1.92. The van der Waals surface area contributed by atoms with Crippen LogP contribution in [-0.2, 0) is 12.8 Å². The Balaban J connectivity index is 2.36. The highest BCUT2D eigenvalue weighted by Crippen LogP contribution is 2.40. The minimum absolute atomic E-state index is 1.06. The number of hydrogen-bond donors (Lipinski definition) is 0. The molecule has 0 aliphatic rings. The van der Waals surface area contributed by atoms with E-state index in [-0.39, 0.29) is 0 Å². The van der Waals surface area contributed by atoms with Gasteiger partial charge in [0.1, 0.15) is 0 Å². The Labute approximate surface area is 133 Å². The topological polar surface area (TPSA) is 0 Å². The standard InChI is InChI=1S/C20H17Br/c1-3-12-5-6-14-7-8-16-13(4-2)11-18(21)17-10-9-15(12)19(14)20(16)17/h5-11H,3-4H2,1-2H3. The van der Waals surface area contributed by atoms with E-state index < -0.39 is 0 Å². The molecule has 0 saturated carbocycles. The highest BCUT2D eigenvalue weighted by molar-refractivity contribution is 9.10. The molecule has 104 valence electrons. The van der Waals surface area contributed by atoms with Crippen LogP contribution >= 0.6 is 15.9 Å². The second kappa shape index (κ2) is 4.71. The van der Waals surface area contributed by atoms with Crippen molar-refractivity contribution in [3.05, 3.63) is 58.1 Å². The van der Waals surface area contributed by atoms with Gasteiger partial charge in [-0.25, -0.2) is 0 Å². The molecule has 0 N–H and O–H groups in total. The Morgan fingerprint density at radius 3 is 2.10 bits per heavy atom. The summed E-state index contributed by atoms with van der Waals surface area (Å²) < 4.78 is 1.21. The van der Waals surface area contributed by atoms with Gasteiger partial charge in [-0.05, 0) is 62.4 Å². The first-order valence-electron chi connectivity index (χ1n) is 7.62. The van der Waals surface area contributed by atoms with E-state index in [0.717, 1.165) is 12.8 Å². The Bertz CT molecular complexity index is 966. The van der Waals surface area contributed by atoms with Crippen molar-refractivity contribution >= 4 is 48.2 Å². The molecule has 4 aromatic carbocycles. The summed E-state index contributed by atoms with van der Waals surface area (Å²) in [6, 6.07) is 16.0. The lowest BCUT2D eigenvalue weighted by Gasteiger charge is -2.16. The summed E-state index contributed by atoms with van der Waals surface area (Å²) in [4.78, 5) is 0. The van der Waals surface area contributed by atoms with E-state index in [1.165, 1.54) is 47.9 Å². The third-order valence-corrected chi connectivity index (χ3v) is 5.33. The van der Waals surface area contributed by atoms with Crippen LogP contribution in [0.3, 0.4) is 0 Å². The van der Waals surface area contributed by atoms with E-state index in [2.05, 4.69) is 72.2 Å². The fourth-order valence-electron chi connectivity index (χ4n) is 3.58. The molecule has 0 radical (unpaired) electrons. The van der Waals surface area contributed by atoms with E-state index in [1.807, 2.05) is 0 Å². The summed E-state index contributed by atoms with van der Waals surface area (Å²) >= 11 is 3.77. The molecule has 0 saturated heterocycles. The Kier molecular flexibility index (Phi) is 2.93. The molecule has 0 nitrogen and oxygen atoms in total. The van der Waals surface area contributed by atoms with Crippen LogP contribution in [0.1, 0.15) is 25.0 Å². The van der Waals surface area contributed by atoms with E-state index in [1.54, 1.807) is 0 Å². The average Bonchev–Trinajstić information content (AvgIpc) is 2.53. The quantitative estimate of drug-likeness (QED) is 0.368. The lowest BCUT2D eigenvalue weighted by atomic mass is 9.89. The second-order valence-corrected chi connectivity index (χ2v) is 6.55. The van der Waals surface area contributed by atoms with Crippen molar-refractivity contribution in [3.63, 3.8) is 0 Å². The normalized spacial score (nSPS) is 12.0. The predicted octanol–water partition coefficient (Wildman–Crippen LogP) is 6.47. The van der Waals surface area contributed by atoms with Crippen molar-refractivity contribution in [1.82, 2.24) is 0 Å². The number of rotatable bonds is 2. The molecular weight excluding hydrogens is 320 g/mol. The summed E-state index contributed by atoms with van der Waals surface area (Å²) in [5.74, 6) is 0. The van der Waals surface area contributed by atoms with Crippen LogP contribution in [-0.4, -0.2) is 0 Å². The van der Waals surface area contributed by atoms with Gasteiger partial charge in [0.25, 0.3) is 0 Å². The van der Waals surface area contributed by atoms with Gasteiger partial charge in [0.2, 0.25) is 0 Å². The summed E-state index contributed by atoms with van der Waals surface area (Å²) in [5.41, 5.74) is 2.86. The molecule has 0 fully saturated rings. The monoisotopic (exact) mass is 336 g/mol. The molecule has 0 aliphatic carbocycles. The molecule has 0 spiro atoms. The first-order chi connectivity index (χ1) is 10.2. The van der Waals surface area contributed by atoms with Crippen molar-refractivity contribution in [2.75, 3.05) is 0 Å². The maximum absolute atomic E-state index is 3.77. The average molecular weight is 337 g/mol. The van der Waals surface area contributed by atoms with Gasteiger partial charge in [0, 0.05) is 4.47 Å². The number of halogens is 1. The number of hydrogen-bond acceptors (Lipinski definition) is 0. The van der Waals surface area contributed by atoms with Gasteiger partial charge in [0.05, 0.1) is 0 Å². The highest BCUT2D eigenvalue weighted by Gasteiger charge is 2.14. The summed E-state index contributed by atoms with van der Waals surface area (Å²) in [6.07, 6.45) is 2.14. The van der Waals surface area contributed by atoms with Crippen molar-refractivity contribution in [3.8, 4) is 0 Å². The highest BCUT2D eigenvalue weighted by atomic mass is 79.9. The summed E-state index contributed by atoms with van der Waals surface area (Å²) in [6.45, 7) is 4.47. The van der Waals surface area contributed by atoms with Gasteiger partial charge < -0.3 is 0 Å². The maximum Gasteiger partial charge on any atom is 0.0257 e. The van der Waals surface area contributed by atoms with Gasteiger partial charge in [-0.1, -0.05) is 66.2 Å². The van der Waals surface area contributed by atoms with Crippen LogP contribution in [0, 0.1) is 0 Å². The predicted molar refractivity (Wildman–Crippen MR) is 96.6 cm³/mol. The molecule has 0 amide bonds. The second-order valence-electron chi connectivity index (χ2n) is 5.70. The molecule has 0 unspecified atom stereocenters. The van der Waals surface area contributed by atoms with Gasteiger partial charge in [0.15, 0.2) is 0 Å². The molecule has 1 heteroatoms. The van der Waals surface area contributed by atoms with Crippen LogP contribution in [0.4, 0.5) is 0 Å². The van der Waals surface area contributed by atoms with Crippen molar-refractivity contribution < 1.29 is 0 Å². The minimum Gasteiger partial charge on any atom is -0.0613 e. The zero-order valence-electron chi connectivity index (χ0n) is 12.3. The Morgan fingerprint density at radius 1 is 0.714 bits per heavy atom. The third kappa shape index (κ3) is 1.74. The van der Waals surface area contributed by atoms with Crippen molar-refractivity contribution in [2.24, 2.45) is 0 Å². The van der Waals surface area contributed by atoms with E-state index in [9.17, 15) is 0 Å². The largest absolute Gasteiger partial charge is 0.0613 e. The fourth-order valence-corrected chi connectivity index (χ4v) is 4.19. The van der Waals surface area contributed by atoms with E-state index in [0.29, 0.717) is 0 Å². The van der Waals surface area contributed by atoms with Gasteiger partial charge in [-0.3, -0.25) is 0 Å². The van der Waals surface area contributed by atoms with Gasteiger partial charge >= 0.3 is 0 Å². The molecule has 4 aromatic rings. The lowest BCUT2D eigenvalue weighted by molar-refractivity contribution is 1.16. The number of aryl methyl sites for hydroxylation is 2. The SMILES string of the molecule is CCc1ccc2ccc3c(CC)cc(Br)c4ccc1c2c43. The van der Waals surface area contributed by atoms with Crippen LogP contribution in [0.15, 0.2) is 46.9 Å². The van der Waals surface area contributed by atoms with Gasteiger partial charge in [-0.15, -0.1) is 0 Å². The zero-order valence-corrected chi connectivity index (χ0v) is 13.9. The molecule has 21 heavy (non-hydrogen) atoms. The molecule has 0 atom stereocenters. The molecule has 0 bridgehead atoms.